The van der Waals surface area contributed by atoms with Crippen molar-refractivity contribution in [3.05, 3.63) is 70.8 Å². The molecule has 0 amide bonds. The lowest BCUT2D eigenvalue weighted by Crippen LogP contribution is -2.48. The van der Waals surface area contributed by atoms with Crippen LogP contribution in [0.3, 0.4) is 0 Å². The van der Waals surface area contributed by atoms with Gasteiger partial charge in [0.25, 0.3) is 0 Å². The quantitative estimate of drug-likeness (QED) is 0.789. The molecule has 0 unspecified atom stereocenters. The molecule has 1 aliphatic carbocycles. The van der Waals surface area contributed by atoms with E-state index in [2.05, 4.69) is 11.0 Å². The van der Waals surface area contributed by atoms with E-state index in [-0.39, 0.29) is 11.5 Å². The highest BCUT2D eigenvalue weighted by atomic mass is 16.4. The number of aliphatic hydroxyl groups is 1. The molecule has 2 atom stereocenters. The van der Waals surface area contributed by atoms with Crippen LogP contribution in [-0.4, -0.2) is 40.3 Å². The lowest BCUT2D eigenvalue weighted by molar-refractivity contribution is 0.0271. The number of benzene rings is 2. The summed E-state index contributed by atoms with van der Waals surface area (Å²) in [6.45, 7) is 2.57. The second-order valence-corrected chi connectivity index (χ2v) is 7.49. The molecule has 0 bridgehead atoms. The standard InChI is InChI=1S/C21H24N2O3/c22-18-16-3-1-2-4-17(16)21(19(18)24)9-11-23(12-10-21)13-14-5-7-15(8-6-14)20(25)26/h1-8,18-19,24H,9-13,22H2,(H,25,26)/t18-,19+/m0/s1. The molecule has 1 fully saturated rings. The Morgan fingerprint density at radius 1 is 1.12 bits per heavy atom. The van der Waals surface area contributed by atoms with Crippen LogP contribution >= 0.6 is 0 Å². The van der Waals surface area contributed by atoms with E-state index in [1.165, 1.54) is 5.56 Å². The minimum atomic E-state index is -0.901. The molecule has 1 spiro atoms. The van der Waals surface area contributed by atoms with Crippen LogP contribution in [0.15, 0.2) is 48.5 Å². The van der Waals surface area contributed by atoms with Crippen molar-refractivity contribution >= 4 is 5.97 Å². The SMILES string of the molecule is N[C@H]1c2ccccc2C2(CCN(Cc3ccc(C(=O)O)cc3)CC2)[C@@H]1O. The molecule has 26 heavy (non-hydrogen) atoms. The van der Waals surface area contributed by atoms with Gasteiger partial charge in [0.15, 0.2) is 0 Å². The molecule has 136 valence electrons. The summed E-state index contributed by atoms with van der Waals surface area (Å²) < 4.78 is 0. The molecule has 2 aromatic carbocycles. The number of aliphatic hydroxyl groups excluding tert-OH is 1. The Balaban J connectivity index is 1.47. The van der Waals surface area contributed by atoms with E-state index in [4.69, 9.17) is 10.8 Å². The summed E-state index contributed by atoms with van der Waals surface area (Å²) in [4.78, 5) is 13.3. The zero-order valence-electron chi connectivity index (χ0n) is 14.6. The number of nitrogens with two attached hydrogens (primary N) is 1. The van der Waals surface area contributed by atoms with Crippen LogP contribution in [0, 0.1) is 0 Å². The van der Waals surface area contributed by atoms with Crippen molar-refractivity contribution in [3.63, 3.8) is 0 Å². The lowest BCUT2D eigenvalue weighted by atomic mass is 9.72. The Bertz CT molecular complexity index is 810. The number of rotatable bonds is 3. The molecule has 0 radical (unpaired) electrons. The lowest BCUT2D eigenvalue weighted by Gasteiger charge is -2.42. The van der Waals surface area contributed by atoms with Crippen LogP contribution in [0.1, 0.15) is 45.9 Å². The van der Waals surface area contributed by atoms with E-state index in [0.717, 1.165) is 43.6 Å². The maximum absolute atomic E-state index is 11.0. The summed E-state index contributed by atoms with van der Waals surface area (Å²) in [5.41, 5.74) is 9.76. The number of nitrogens with zero attached hydrogens (tertiary/aromatic N) is 1. The van der Waals surface area contributed by atoms with Crippen LogP contribution in [0.4, 0.5) is 0 Å². The van der Waals surface area contributed by atoms with E-state index >= 15 is 0 Å². The number of hydrogen-bond donors (Lipinski definition) is 3. The van der Waals surface area contributed by atoms with Gasteiger partial charge < -0.3 is 15.9 Å². The third-order valence-corrected chi connectivity index (χ3v) is 6.12. The Labute approximate surface area is 153 Å². The minimum Gasteiger partial charge on any atom is -0.478 e. The summed E-state index contributed by atoms with van der Waals surface area (Å²) in [6.07, 6.45) is 1.23. The summed E-state index contributed by atoms with van der Waals surface area (Å²) >= 11 is 0. The van der Waals surface area contributed by atoms with Crippen LogP contribution < -0.4 is 5.73 Å². The van der Waals surface area contributed by atoms with Crippen LogP contribution in [0.5, 0.6) is 0 Å². The van der Waals surface area contributed by atoms with Gasteiger partial charge in [0.05, 0.1) is 17.7 Å². The van der Waals surface area contributed by atoms with Crippen LogP contribution in [-0.2, 0) is 12.0 Å². The Morgan fingerprint density at radius 3 is 2.42 bits per heavy atom. The highest BCUT2D eigenvalue weighted by molar-refractivity contribution is 5.87. The van der Waals surface area contributed by atoms with Crippen molar-refractivity contribution in [2.45, 2.75) is 36.9 Å². The van der Waals surface area contributed by atoms with Gasteiger partial charge in [0, 0.05) is 12.0 Å². The van der Waals surface area contributed by atoms with Crippen molar-refractivity contribution in [2.24, 2.45) is 5.73 Å². The van der Waals surface area contributed by atoms with Crippen molar-refractivity contribution in [1.29, 1.82) is 0 Å². The van der Waals surface area contributed by atoms with Gasteiger partial charge in [-0.2, -0.15) is 0 Å². The molecule has 5 nitrogen and oxygen atoms in total. The maximum Gasteiger partial charge on any atom is 0.335 e. The molecular weight excluding hydrogens is 328 g/mol. The highest BCUT2D eigenvalue weighted by Gasteiger charge is 2.51. The fourth-order valence-corrected chi connectivity index (χ4v) is 4.60. The normalized spacial score (nSPS) is 24.5. The number of aromatic carboxylic acids is 1. The van der Waals surface area contributed by atoms with Gasteiger partial charge in [-0.15, -0.1) is 0 Å². The van der Waals surface area contributed by atoms with Crippen molar-refractivity contribution < 1.29 is 15.0 Å². The molecule has 2 aromatic rings. The van der Waals surface area contributed by atoms with E-state index in [0.29, 0.717) is 5.56 Å². The average Bonchev–Trinajstić information content (AvgIpc) is 2.87. The number of carboxylic acids is 1. The minimum absolute atomic E-state index is 0.236. The maximum atomic E-state index is 11.0. The van der Waals surface area contributed by atoms with Crippen LogP contribution in [0.2, 0.25) is 0 Å². The number of likely N-dealkylation sites (tertiary alicyclic amines) is 1. The summed E-state index contributed by atoms with van der Waals surface area (Å²) in [6, 6.07) is 14.9. The molecule has 5 heteroatoms. The van der Waals surface area contributed by atoms with Crippen molar-refractivity contribution in [2.75, 3.05) is 13.1 Å². The second-order valence-electron chi connectivity index (χ2n) is 7.49. The van der Waals surface area contributed by atoms with Crippen molar-refractivity contribution in [1.82, 2.24) is 4.90 Å². The third-order valence-electron chi connectivity index (χ3n) is 6.12. The van der Waals surface area contributed by atoms with Gasteiger partial charge in [-0.25, -0.2) is 4.79 Å². The fourth-order valence-electron chi connectivity index (χ4n) is 4.60. The number of fused-ring (bicyclic) bond motifs is 2. The Hall–Kier alpha value is -2.21. The molecule has 1 aliphatic heterocycles. The number of hydrogen-bond acceptors (Lipinski definition) is 4. The number of piperidine rings is 1. The zero-order chi connectivity index (χ0) is 18.3. The first kappa shape index (κ1) is 17.2. The van der Waals surface area contributed by atoms with Gasteiger partial charge in [-0.1, -0.05) is 36.4 Å². The summed E-state index contributed by atoms with van der Waals surface area (Å²) in [7, 11) is 0. The first-order valence-corrected chi connectivity index (χ1v) is 9.09. The van der Waals surface area contributed by atoms with Gasteiger partial charge in [0.1, 0.15) is 0 Å². The first-order chi connectivity index (χ1) is 12.5. The van der Waals surface area contributed by atoms with E-state index in [1.54, 1.807) is 12.1 Å². The Morgan fingerprint density at radius 2 is 1.77 bits per heavy atom. The van der Waals surface area contributed by atoms with Gasteiger partial charge in [0.2, 0.25) is 0 Å². The molecule has 1 heterocycles. The highest BCUT2D eigenvalue weighted by Crippen LogP contribution is 2.50. The molecule has 0 aromatic heterocycles. The van der Waals surface area contributed by atoms with Gasteiger partial charge in [-0.3, -0.25) is 4.90 Å². The monoisotopic (exact) mass is 352 g/mol. The van der Waals surface area contributed by atoms with Crippen molar-refractivity contribution in [3.8, 4) is 0 Å². The van der Waals surface area contributed by atoms with Crippen LogP contribution in [0.25, 0.3) is 0 Å². The number of carboxylic acid groups (broad SMARTS) is 1. The molecule has 4 N–H and O–H groups in total. The Kier molecular flexibility index (Phi) is 4.31. The summed E-state index contributed by atoms with van der Waals surface area (Å²) in [5, 5.41) is 19.9. The zero-order valence-corrected chi connectivity index (χ0v) is 14.6. The predicted octanol–water partition coefficient (Wildman–Crippen LogP) is 2.29. The fraction of sp³-hybridized carbons (Fsp3) is 0.381. The van der Waals surface area contributed by atoms with E-state index in [9.17, 15) is 9.90 Å². The van der Waals surface area contributed by atoms with E-state index < -0.39 is 12.1 Å². The summed E-state index contributed by atoms with van der Waals surface area (Å²) in [5.74, 6) is -0.901. The molecule has 0 saturated carbocycles. The number of carbonyl (C=O) groups is 1. The molecule has 4 rings (SSSR count). The second kappa shape index (κ2) is 6.50. The third kappa shape index (κ3) is 2.72. The predicted molar refractivity (Wildman–Crippen MR) is 99.0 cm³/mol. The topological polar surface area (TPSA) is 86.8 Å². The van der Waals surface area contributed by atoms with Gasteiger partial charge in [-0.05, 0) is 54.8 Å². The van der Waals surface area contributed by atoms with Gasteiger partial charge >= 0.3 is 5.97 Å². The largest absolute Gasteiger partial charge is 0.478 e. The smallest absolute Gasteiger partial charge is 0.335 e. The molecule has 1 saturated heterocycles. The van der Waals surface area contributed by atoms with E-state index in [1.807, 2.05) is 30.3 Å². The average molecular weight is 352 g/mol. The molecule has 2 aliphatic rings. The first-order valence-electron chi connectivity index (χ1n) is 9.09. The molecular formula is C21H24N2O3.